The van der Waals surface area contributed by atoms with Crippen LogP contribution in [0.5, 0.6) is 0 Å². The summed E-state index contributed by atoms with van der Waals surface area (Å²) in [6, 6.07) is 89.9. The van der Waals surface area contributed by atoms with E-state index in [-0.39, 0.29) is 5.41 Å². The van der Waals surface area contributed by atoms with Crippen LogP contribution in [-0.2, 0) is 16.2 Å². The summed E-state index contributed by atoms with van der Waals surface area (Å²) in [6.45, 7) is 7.15. The molecule has 1 spiro atoms. The van der Waals surface area contributed by atoms with E-state index in [2.05, 4.69) is 274 Å². The van der Waals surface area contributed by atoms with Gasteiger partial charge in [-0.15, -0.1) is 11.3 Å². The molecular weight excluding hydrogens is 911 g/mol. The van der Waals surface area contributed by atoms with Gasteiger partial charge in [-0.1, -0.05) is 221 Å². The fourth-order valence-corrected chi connectivity index (χ4v) is 15.3. The second kappa shape index (κ2) is 16.1. The molecule has 1 heterocycles. The van der Waals surface area contributed by atoms with Crippen molar-refractivity contribution in [2.45, 2.75) is 43.4 Å². The highest BCUT2D eigenvalue weighted by Crippen LogP contribution is 2.66. The zero-order valence-corrected chi connectivity index (χ0v) is 42.6. The predicted molar refractivity (Wildman–Crippen MR) is 311 cm³/mol. The van der Waals surface area contributed by atoms with Crippen LogP contribution in [0, 0.1) is 5.92 Å². The number of fused-ring (bicyclic) bond motifs is 14. The Morgan fingerprint density at radius 3 is 1.68 bits per heavy atom. The minimum Gasteiger partial charge on any atom is -0.310 e. The molecule has 1 aromatic heterocycles. The molecule has 10 aromatic carbocycles. The summed E-state index contributed by atoms with van der Waals surface area (Å²) in [7, 11) is 0. The molecule has 4 aliphatic rings. The molecule has 0 saturated heterocycles. The monoisotopic (exact) mass is 963 g/mol. The van der Waals surface area contributed by atoms with Crippen LogP contribution in [0.15, 0.2) is 260 Å². The van der Waals surface area contributed by atoms with Crippen molar-refractivity contribution in [3.63, 3.8) is 0 Å². The van der Waals surface area contributed by atoms with E-state index in [1.807, 2.05) is 11.3 Å². The van der Waals surface area contributed by atoms with Crippen LogP contribution in [-0.4, -0.2) is 0 Å². The fourth-order valence-electron chi connectivity index (χ4n) is 14.2. The van der Waals surface area contributed by atoms with Crippen molar-refractivity contribution in [1.29, 1.82) is 0 Å². The number of rotatable bonds is 6. The molecule has 74 heavy (non-hydrogen) atoms. The van der Waals surface area contributed by atoms with Gasteiger partial charge in [0, 0.05) is 42.6 Å². The smallest absolute Gasteiger partial charge is 0.0704 e. The highest BCUT2D eigenvalue weighted by Gasteiger charge is 2.58. The highest BCUT2D eigenvalue weighted by molar-refractivity contribution is 7.25. The summed E-state index contributed by atoms with van der Waals surface area (Å²) in [4.78, 5) is 2.47. The molecular formula is C72H53NS. The van der Waals surface area contributed by atoms with E-state index in [0.717, 1.165) is 23.5 Å². The molecule has 0 N–H and O–H groups in total. The molecule has 0 bridgehead atoms. The van der Waals surface area contributed by atoms with Gasteiger partial charge in [-0.3, -0.25) is 0 Å². The Labute approximate surface area is 438 Å². The van der Waals surface area contributed by atoms with Crippen LogP contribution in [0.25, 0.3) is 53.6 Å². The van der Waals surface area contributed by atoms with Gasteiger partial charge in [-0.2, -0.15) is 0 Å². The molecule has 15 rings (SSSR count). The van der Waals surface area contributed by atoms with E-state index >= 15 is 0 Å². The second-order valence-electron chi connectivity index (χ2n) is 21.6. The minimum absolute atomic E-state index is 0.121. The standard InChI is InChI=1S/C72H53NS/c1-46-30-41-64-67(42-46)72(63-28-16-15-27-62(63)71(64,49-18-6-4-7-19-49)50-20-8-5-9-21-50)61-26-14-11-23-55(61)57-38-33-48(43-66(57)72)47-31-34-51(35-32-47)73(53-37-40-59-58-24-12-17-29-68(58)74-69(59)45-53)52-36-39-56-54-22-10-13-25-60(54)70(2,3)65(56)44-52/h4-41,43-46H,42H2,1-3H3. The van der Waals surface area contributed by atoms with Gasteiger partial charge in [0.1, 0.15) is 0 Å². The minimum atomic E-state index is -0.507. The molecule has 2 atom stereocenters. The van der Waals surface area contributed by atoms with Crippen molar-refractivity contribution < 1.29 is 0 Å². The zero-order chi connectivity index (χ0) is 49.3. The number of benzene rings is 10. The molecule has 352 valence electrons. The van der Waals surface area contributed by atoms with Crippen LogP contribution in [0.3, 0.4) is 0 Å². The van der Waals surface area contributed by atoms with E-state index in [1.54, 1.807) is 0 Å². The summed E-state index contributed by atoms with van der Waals surface area (Å²) in [5, 5.41) is 2.62. The quantitative estimate of drug-likeness (QED) is 0.161. The summed E-state index contributed by atoms with van der Waals surface area (Å²) >= 11 is 1.88. The number of hydrogen-bond acceptors (Lipinski definition) is 2. The molecule has 0 fully saturated rings. The van der Waals surface area contributed by atoms with E-state index in [0.29, 0.717) is 5.92 Å². The third kappa shape index (κ3) is 5.92. The van der Waals surface area contributed by atoms with Crippen molar-refractivity contribution in [1.82, 2.24) is 0 Å². The van der Waals surface area contributed by atoms with Crippen molar-refractivity contribution >= 4 is 48.6 Å². The van der Waals surface area contributed by atoms with E-state index in [4.69, 9.17) is 0 Å². The number of thiophene rings is 1. The first-order chi connectivity index (χ1) is 36.3. The Bertz CT molecular complexity index is 4110. The Kier molecular flexibility index (Phi) is 9.42. The third-order valence-electron chi connectivity index (χ3n) is 17.4. The summed E-state index contributed by atoms with van der Waals surface area (Å²) in [5.74, 6) is 0.377. The van der Waals surface area contributed by atoms with E-state index < -0.39 is 10.8 Å². The first-order valence-electron chi connectivity index (χ1n) is 26.3. The van der Waals surface area contributed by atoms with Gasteiger partial charge >= 0.3 is 0 Å². The molecule has 0 saturated carbocycles. The summed E-state index contributed by atoms with van der Waals surface area (Å²) in [5.41, 5.74) is 23.8. The number of nitrogens with zero attached hydrogens (tertiary/aromatic N) is 1. The Morgan fingerprint density at radius 1 is 0.405 bits per heavy atom. The highest BCUT2D eigenvalue weighted by atomic mass is 32.1. The van der Waals surface area contributed by atoms with Gasteiger partial charge in [-0.05, 0) is 150 Å². The zero-order valence-electron chi connectivity index (χ0n) is 41.8. The van der Waals surface area contributed by atoms with Gasteiger partial charge in [0.25, 0.3) is 0 Å². The van der Waals surface area contributed by atoms with Gasteiger partial charge in [-0.25, -0.2) is 0 Å². The molecule has 2 unspecified atom stereocenters. The first kappa shape index (κ1) is 43.3. The van der Waals surface area contributed by atoms with Gasteiger partial charge < -0.3 is 4.90 Å². The lowest BCUT2D eigenvalue weighted by atomic mass is 9.49. The lowest BCUT2D eigenvalue weighted by Gasteiger charge is -2.52. The van der Waals surface area contributed by atoms with E-state index in [9.17, 15) is 0 Å². The van der Waals surface area contributed by atoms with Crippen LogP contribution >= 0.6 is 11.3 Å². The average Bonchev–Trinajstić information content (AvgIpc) is 4.05. The lowest BCUT2D eigenvalue weighted by molar-refractivity contribution is 0.545. The van der Waals surface area contributed by atoms with Gasteiger partial charge in [0.15, 0.2) is 0 Å². The average molecular weight is 964 g/mol. The molecule has 11 aromatic rings. The van der Waals surface area contributed by atoms with Crippen molar-refractivity contribution in [3.05, 3.63) is 304 Å². The molecule has 0 amide bonds. The molecule has 2 heteroatoms. The number of hydrogen-bond donors (Lipinski definition) is 0. The van der Waals surface area contributed by atoms with Crippen LogP contribution < -0.4 is 4.90 Å². The van der Waals surface area contributed by atoms with Crippen LogP contribution in [0.2, 0.25) is 0 Å². The van der Waals surface area contributed by atoms with Gasteiger partial charge in [0.05, 0.1) is 10.8 Å². The Morgan fingerprint density at radius 2 is 0.932 bits per heavy atom. The fraction of sp³-hybridized carbons (Fsp3) is 0.111. The lowest BCUT2D eigenvalue weighted by Crippen LogP contribution is -2.45. The normalized spacial score (nSPS) is 18.2. The molecule has 0 radical (unpaired) electrons. The number of anilines is 3. The maximum atomic E-state index is 2.56. The third-order valence-corrected chi connectivity index (χ3v) is 18.5. The largest absolute Gasteiger partial charge is 0.310 e. The Hall–Kier alpha value is -8.30. The summed E-state index contributed by atoms with van der Waals surface area (Å²) < 4.78 is 2.61. The van der Waals surface area contributed by atoms with Crippen molar-refractivity contribution in [2.24, 2.45) is 5.92 Å². The maximum Gasteiger partial charge on any atom is 0.0704 e. The van der Waals surface area contributed by atoms with Crippen molar-refractivity contribution in [2.75, 3.05) is 4.90 Å². The molecule has 1 nitrogen and oxygen atoms in total. The SMILES string of the molecule is CC1C=CC2=C(C1)C1(c3ccccc3-c3ccc(-c4ccc(N(c5ccc6c(c5)C(C)(C)c5ccccc5-6)c5ccc6c(c5)sc5ccccc56)cc4)cc31)c1ccccc1C2(c1ccccc1)c1ccccc1. The van der Waals surface area contributed by atoms with Crippen LogP contribution in [0.1, 0.15) is 71.7 Å². The summed E-state index contributed by atoms with van der Waals surface area (Å²) in [6.07, 6.45) is 5.94. The van der Waals surface area contributed by atoms with Gasteiger partial charge in [0.2, 0.25) is 0 Å². The Balaban J connectivity index is 0.912. The van der Waals surface area contributed by atoms with E-state index in [1.165, 1.54) is 109 Å². The first-order valence-corrected chi connectivity index (χ1v) is 27.1. The molecule has 0 aliphatic heterocycles. The number of allylic oxidation sites excluding steroid dienone is 4. The van der Waals surface area contributed by atoms with Crippen molar-refractivity contribution in [3.8, 4) is 33.4 Å². The maximum absolute atomic E-state index is 2.56. The predicted octanol–water partition coefficient (Wildman–Crippen LogP) is 19.1. The topological polar surface area (TPSA) is 3.24 Å². The van der Waals surface area contributed by atoms with Crippen LogP contribution in [0.4, 0.5) is 17.1 Å². The second-order valence-corrected chi connectivity index (χ2v) is 22.7. The molecule has 4 aliphatic carbocycles.